The molecule has 1 heterocycles. The number of carbonyl (C=O) groups is 1. The second-order valence-corrected chi connectivity index (χ2v) is 4.72. The second-order valence-electron chi connectivity index (χ2n) is 4.72. The van der Waals surface area contributed by atoms with E-state index in [0.29, 0.717) is 0 Å². The summed E-state index contributed by atoms with van der Waals surface area (Å²) in [6, 6.07) is 0. The fourth-order valence-corrected chi connectivity index (χ4v) is 1.22. The Kier molecular flexibility index (Phi) is 2.74. The summed E-state index contributed by atoms with van der Waals surface area (Å²) in [7, 11) is 0. The van der Waals surface area contributed by atoms with Crippen molar-refractivity contribution < 1.29 is 19.7 Å². The molecule has 1 aliphatic rings. The average molecular weight is 203 g/mol. The highest BCUT2D eigenvalue weighted by atomic mass is 16.6. The number of aliphatic hydroxyl groups excluding tert-OH is 1. The maximum absolute atomic E-state index is 11.4. The van der Waals surface area contributed by atoms with Crippen molar-refractivity contribution in [1.82, 2.24) is 4.90 Å². The van der Waals surface area contributed by atoms with Gasteiger partial charge in [-0.15, -0.1) is 0 Å². The fraction of sp³-hybridized carbons (Fsp3) is 0.889. The molecule has 5 nitrogen and oxygen atoms in total. The Morgan fingerprint density at radius 3 is 2.36 bits per heavy atom. The van der Waals surface area contributed by atoms with Crippen molar-refractivity contribution in [2.45, 2.75) is 32.0 Å². The third-order valence-corrected chi connectivity index (χ3v) is 1.92. The smallest absolute Gasteiger partial charge is 0.410 e. The molecule has 5 heteroatoms. The Balaban J connectivity index is 2.37. The number of amides is 1. The summed E-state index contributed by atoms with van der Waals surface area (Å²) in [5.41, 5.74) is -1.65. The molecule has 1 amide bonds. The van der Waals surface area contributed by atoms with Crippen molar-refractivity contribution in [3.05, 3.63) is 0 Å². The second kappa shape index (κ2) is 3.40. The zero-order chi connectivity index (χ0) is 11.0. The van der Waals surface area contributed by atoms with Crippen molar-refractivity contribution in [3.63, 3.8) is 0 Å². The quantitative estimate of drug-likeness (QED) is 0.627. The fourth-order valence-electron chi connectivity index (χ4n) is 1.22. The minimum Gasteiger partial charge on any atom is -0.444 e. The van der Waals surface area contributed by atoms with E-state index in [4.69, 9.17) is 9.84 Å². The van der Waals surface area contributed by atoms with Crippen LogP contribution < -0.4 is 0 Å². The predicted octanol–water partition coefficient (Wildman–Crippen LogP) is -0.0395. The van der Waals surface area contributed by atoms with E-state index in [1.54, 1.807) is 20.8 Å². The van der Waals surface area contributed by atoms with E-state index in [9.17, 15) is 9.90 Å². The molecule has 1 saturated heterocycles. The number of likely N-dealkylation sites (tertiary alicyclic amines) is 1. The molecule has 1 aliphatic heterocycles. The van der Waals surface area contributed by atoms with E-state index < -0.39 is 17.3 Å². The Morgan fingerprint density at radius 2 is 2.00 bits per heavy atom. The molecule has 82 valence electrons. The molecular weight excluding hydrogens is 186 g/mol. The van der Waals surface area contributed by atoms with Crippen molar-refractivity contribution in [1.29, 1.82) is 0 Å². The first-order chi connectivity index (χ1) is 6.26. The molecule has 0 aromatic rings. The summed E-state index contributed by atoms with van der Waals surface area (Å²) in [6.45, 7) is 5.29. The molecule has 0 atom stereocenters. The van der Waals surface area contributed by atoms with Gasteiger partial charge in [-0.25, -0.2) is 4.79 Å². The Bertz CT molecular complexity index is 227. The van der Waals surface area contributed by atoms with Gasteiger partial charge in [0.05, 0.1) is 19.7 Å². The van der Waals surface area contributed by atoms with Crippen molar-refractivity contribution in [3.8, 4) is 0 Å². The average Bonchev–Trinajstić information content (AvgIpc) is 1.95. The molecule has 0 radical (unpaired) electrons. The summed E-state index contributed by atoms with van der Waals surface area (Å²) < 4.78 is 5.07. The van der Waals surface area contributed by atoms with Gasteiger partial charge in [0.25, 0.3) is 0 Å². The summed E-state index contributed by atoms with van der Waals surface area (Å²) >= 11 is 0. The third kappa shape index (κ3) is 2.59. The Labute approximate surface area is 83.3 Å². The van der Waals surface area contributed by atoms with E-state index in [1.807, 2.05) is 0 Å². The first-order valence-corrected chi connectivity index (χ1v) is 4.57. The van der Waals surface area contributed by atoms with E-state index in [1.165, 1.54) is 4.90 Å². The molecule has 0 aromatic carbocycles. The van der Waals surface area contributed by atoms with Crippen LogP contribution in [0.15, 0.2) is 0 Å². The monoisotopic (exact) mass is 203 g/mol. The maximum atomic E-state index is 11.4. The van der Waals surface area contributed by atoms with Gasteiger partial charge in [-0.1, -0.05) is 0 Å². The van der Waals surface area contributed by atoms with Gasteiger partial charge in [-0.3, -0.25) is 0 Å². The number of ether oxygens (including phenoxy) is 1. The molecular formula is C9H17NO4. The highest BCUT2D eigenvalue weighted by molar-refractivity contribution is 5.69. The van der Waals surface area contributed by atoms with Crippen LogP contribution in [0.4, 0.5) is 4.79 Å². The van der Waals surface area contributed by atoms with Crippen LogP contribution in [0.1, 0.15) is 20.8 Å². The molecule has 0 spiro atoms. The van der Waals surface area contributed by atoms with E-state index >= 15 is 0 Å². The van der Waals surface area contributed by atoms with E-state index in [0.717, 1.165) is 0 Å². The van der Waals surface area contributed by atoms with Gasteiger partial charge in [0.15, 0.2) is 0 Å². The lowest BCUT2D eigenvalue weighted by atomic mass is 9.96. The molecule has 2 N–H and O–H groups in total. The molecule has 0 unspecified atom stereocenters. The zero-order valence-corrected chi connectivity index (χ0v) is 8.78. The van der Waals surface area contributed by atoms with Crippen LogP contribution in [-0.4, -0.2) is 52.1 Å². The number of β-amino-alcohol motifs (C(OH)–C–C–N with tert-alkyl or cyclic N) is 1. The molecule has 0 aliphatic carbocycles. The lowest BCUT2D eigenvalue weighted by Crippen LogP contribution is -2.65. The number of carbonyl (C=O) groups excluding carboxylic acids is 1. The molecule has 0 saturated carbocycles. The van der Waals surface area contributed by atoms with Gasteiger partial charge < -0.3 is 19.8 Å². The highest BCUT2D eigenvalue weighted by Gasteiger charge is 2.44. The van der Waals surface area contributed by atoms with Crippen molar-refractivity contribution >= 4 is 6.09 Å². The third-order valence-electron chi connectivity index (χ3n) is 1.92. The summed E-state index contributed by atoms with van der Waals surface area (Å²) in [6.07, 6.45) is -0.448. The topological polar surface area (TPSA) is 70.0 Å². The zero-order valence-electron chi connectivity index (χ0n) is 8.78. The maximum Gasteiger partial charge on any atom is 0.410 e. The molecule has 1 fully saturated rings. The first-order valence-electron chi connectivity index (χ1n) is 4.57. The van der Waals surface area contributed by atoms with Gasteiger partial charge in [-0.05, 0) is 20.8 Å². The summed E-state index contributed by atoms with van der Waals surface area (Å²) in [5.74, 6) is 0. The summed E-state index contributed by atoms with van der Waals surface area (Å²) in [5, 5.41) is 18.2. The SMILES string of the molecule is CC(C)(C)OC(=O)N1CC(O)(CO)C1. The standard InChI is InChI=1S/C9H17NO4/c1-8(2,3)14-7(12)10-4-9(13,5-10)6-11/h11,13H,4-6H2,1-3H3. The highest BCUT2D eigenvalue weighted by Crippen LogP contribution is 2.22. The van der Waals surface area contributed by atoms with Gasteiger partial charge >= 0.3 is 6.09 Å². The van der Waals surface area contributed by atoms with Gasteiger partial charge in [0.2, 0.25) is 0 Å². The lowest BCUT2D eigenvalue weighted by Gasteiger charge is -2.45. The van der Waals surface area contributed by atoms with Crippen LogP contribution in [0.2, 0.25) is 0 Å². The van der Waals surface area contributed by atoms with Crippen LogP contribution in [0.3, 0.4) is 0 Å². The van der Waals surface area contributed by atoms with Crippen LogP contribution in [0, 0.1) is 0 Å². The number of hydrogen-bond acceptors (Lipinski definition) is 4. The molecule has 0 bridgehead atoms. The normalized spacial score (nSPS) is 20.2. The first kappa shape index (κ1) is 11.3. The number of rotatable bonds is 1. The molecule has 0 aromatic heterocycles. The van der Waals surface area contributed by atoms with Crippen LogP contribution in [-0.2, 0) is 4.74 Å². The van der Waals surface area contributed by atoms with Crippen LogP contribution >= 0.6 is 0 Å². The van der Waals surface area contributed by atoms with Gasteiger partial charge in [-0.2, -0.15) is 0 Å². The van der Waals surface area contributed by atoms with Crippen molar-refractivity contribution in [2.75, 3.05) is 19.7 Å². The Morgan fingerprint density at radius 1 is 1.50 bits per heavy atom. The minimum atomic E-state index is -1.13. The molecule has 1 rings (SSSR count). The van der Waals surface area contributed by atoms with Gasteiger partial charge in [0, 0.05) is 0 Å². The van der Waals surface area contributed by atoms with Gasteiger partial charge in [0.1, 0.15) is 11.2 Å². The number of hydrogen-bond donors (Lipinski definition) is 2. The van der Waals surface area contributed by atoms with Crippen LogP contribution in [0.5, 0.6) is 0 Å². The minimum absolute atomic E-state index is 0.137. The number of nitrogens with zero attached hydrogens (tertiary/aromatic N) is 1. The molecule has 14 heavy (non-hydrogen) atoms. The largest absolute Gasteiger partial charge is 0.444 e. The van der Waals surface area contributed by atoms with Crippen LogP contribution in [0.25, 0.3) is 0 Å². The predicted molar refractivity (Wildman–Crippen MR) is 49.8 cm³/mol. The Hall–Kier alpha value is -0.810. The number of aliphatic hydroxyl groups is 2. The lowest BCUT2D eigenvalue weighted by molar-refractivity contribution is -0.122. The van der Waals surface area contributed by atoms with E-state index in [-0.39, 0.29) is 19.7 Å². The summed E-state index contributed by atoms with van der Waals surface area (Å²) in [4.78, 5) is 12.7. The van der Waals surface area contributed by atoms with Crippen molar-refractivity contribution in [2.24, 2.45) is 0 Å². The van der Waals surface area contributed by atoms with E-state index in [2.05, 4.69) is 0 Å².